The molecule has 2 aliphatic carbocycles. The molecule has 2 saturated carbocycles. The Morgan fingerprint density at radius 2 is 2.30 bits per heavy atom. The van der Waals surface area contributed by atoms with Crippen molar-refractivity contribution in [1.29, 1.82) is 0 Å². The Balaban J connectivity index is 1.66. The van der Waals surface area contributed by atoms with Gasteiger partial charge in [-0.05, 0) is 50.2 Å². The molecule has 0 unspecified atom stereocenters. The molecule has 1 saturated heterocycles. The lowest BCUT2D eigenvalue weighted by molar-refractivity contribution is -0.150. The van der Waals surface area contributed by atoms with E-state index in [4.69, 9.17) is 4.74 Å². The van der Waals surface area contributed by atoms with Crippen molar-refractivity contribution >= 4 is 11.7 Å². The lowest BCUT2D eigenvalue weighted by Crippen LogP contribution is -2.69. The number of aromatic nitrogens is 1. The van der Waals surface area contributed by atoms with Gasteiger partial charge in [-0.25, -0.2) is 4.79 Å². The molecule has 0 N–H and O–H groups in total. The summed E-state index contributed by atoms with van der Waals surface area (Å²) in [6, 6.07) is 4.45. The minimum absolute atomic E-state index is 0.0508. The van der Waals surface area contributed by atoms with E-state index in [-0.39, 0.29) is 12.0 Å². The third kappa shape index (κ3) is 1.54. The van der Waals surface area contributed by atoms with E-state index in [1.54, 1.807) is 6.20 Å². The molecule has 20 heavy (non-hydrogen) atoms. The molecule has 5 atom stereocenters. The van der Waals surface area contributed by atoms with E-state index in [1.807, 2.05) is 19.2 Å². The highest BCUT2D eigenvalue weighted by atomic mass is 16.5. The number of carbonyl (C=O) groups excluding carboxylic acids is 1. The van der Waals surface area contributed by atoms with Crippen molar-refractivity contribution in [2.75, 3.05) is 11.5 Å². The molecule has 0 spiro atoms. The Morgan fingerprint density at radius 3 is 3.05 bits per heavy atom. The van der Waals surface area contributed by atoms with E-state index in [0.717, 1.165) is 17.5 Å². The fourth-order valence-electron chi connectivity index (χ4n) is 4.77. The van der Waals surface area contributed by atoms with Gasteiger partial charge in [0.1, 0.15) is 6.04 Å². The van der Waals surface area contributed by atoms with Crippen molar-refractivity contribution in [3.05, 3.63) is 24.5 Å². The number of anilines is 1. The number of hydrogen-bond acceptors (Lipinski definition) is 4. The van der Waals surface area contributed by atoms with Crippen LogP contribution in [0.25, 0.3) is 0 Å². The Hall–Kier alpha value is -1.58. The second-order valence-electron chi connectivity index (χ2n) is 6.22. The molecule has 3 aliphatic rings. The summed E-state index contributed by atoms with van der Waals surface area (Å²) in [6.45, 7) is 2.34. The molecular formula is C16H20N2O2. The summed E-state index contributed by atoms with van der Waals surface area (Å²) in [7, 11) is 0. The van der Waals surface area contributed by atoms with Gasteiger partial charge in [0.05, 0.1) is 18.5 Å². The van der Waals surface area contributed by atoms with Crippen molar-refractivity contribution in [3.63, 3.8) is 0 Å². The first-order valence-electron chi connectivity index (χ1n) is 7.66. The van der Waals surface area contributed by atoms with Gasteiger partial charge in [-0.1, -0.05) is 0 Å². The zero-order chi connectivity index (χ0) is 13.7. The second-order valence-corrected chi connectivity index (χ2v) is 6.22. The van der Waals surface area contributed by atoms with Crippen LogP contribution in [0.2, 0.25) is 0 Å². The number of fused-ring (bicyclic) bond motifs is 5. The van der Waals surface area contributed by atoms with Crippen molar-refractivity contribution < 1.29 is 9.53 Å². The van der Waals surface area contributed by atoms with Crippen LogP contribution in [0.15, 0.2) is 24.5 Å². The number of carbonyl (C=O) groups is 1. The molecule has 1 aromatic rings. The SMILES string of the molecule is CCOC(=O)[C@@H]1[C@H]2[C@@H]3CC[C@@H](C3)[C@H]2N1c1cccnc1. The van der Waals surface area contributed by atoms with Crippen molar-refractivity contribution in [3.8, 4) is 0 Å². The molecule has 106 valence electrons. The average molecular weight is 272 g/mol. The number of pyridine rings is 1. The molecule has 1 aromatic heterocycles. The molecule has 0 aromatic carbocycles. The Labute approximate surface area is 119 Å². The van der Waals surface area contributed by atoms with Crippen LogP contribution in [0.3, 0.4) is 0 Å². The van der Waals surface area contributed by atoms with Crippen LogP contribution in [-0.4, -0.2) is 29.6 Å². The summed E-state index contributed by atoms with van der Waals surface area (Å²) in [5, 5.41) is 0. The third-order valence-electron chi connectivity index (χ3n) is 5.39. The van der Waals surface area contributed by atoms with Crippen molar-refractivity contribution in [2.45, 2.75) is 38.3 Å². The van der Waals surface area contributed by atoms with Gasteiger partial charge in [0.2, 0.25) is 0 Å². The molecule has 4 rings (SSSR count). The highest BCUT2D eigenvalue weighted by molar-refractivity contribution is 5.84. The topological polar surface area (TPSA) is 42.4 Å². The fourth-order valence-corrected chi connectivity index (χ4v) is 4.77. The van der Waals surface area contributed by atoms with Crippen LogP contribution in [0.4, 0.5) is 5.69 Å². The summed E-state index contributed by atoms with van der Waals surface area (Å²) in [5.74, 6) is 1.95. The van der Waals surface area contributed by atoms with Gasteiger partial charge < -0.3 is 9.64 Å². The van der Waals surface area contributed by atoms with Gasteiger partial charge in [-0.15, -0.1) is 0 Å². The minimum Gasteiger partial charge on any atom is -0.464 e. The van der Waals surface area contributed by atoms with Gasteiger partial charge >= 0.3 is 5.97 Å². The van der Waals surface area contributed by atoms with Crippen LogP contribution >= 0.6 is 0 Å². The van der Waals surface area contributed by atoms with E-state index in [9.17, 15) is 4.79 Å². The molecule has 3 fully saturated rings. The smallest absolute Gasteiger partial charge is 0.329 e. The summed E-state index contributed by atoms with van der Waals surface area (Å²) < 4.78 is 5.31. The van der Waals surface area contributed by atoms with Crippen LogP contribution in [0, 0.1) is 17.8 Å². The largest absolute Gasteiger partial charge is 0.464 e. The van der Waals surface area contributed by atoms with Crippen LogP contribution in [0.1, 0.15) is 26.2 Å². The number of ether oxygens (including phenoxy) is 1. The van der Waals surface area contributed by atoms with E-state index in [2.05, 4.69) is 16.0 Å². The number of esters is 1. The molecule has 4 nitrogen and oxygen atoms in total. The van der Waals surface area contributed by atoms with Gasteiger partial charge in [0.25, 0.3) is 0 Å². The zero-order valence-electron chi connectivity index (χ0n) is 11.7. The monoisotopic (exact) mass is 272 g/mol. The van der Waals surface area contributed by atoms with E-state index < -0.39 is 0 Å². The predicted molar refractivity (Wildman–Crippen MR) is 75.2 cm³/mol. The maximum atomic E-state index is 12.3. The third-order valence-corrected chi connectivity index (χ3v) is 5.39. The highest BCUT2D eigenvalue weighted by Gasteiger charge is 2.64. The summed E-state index contributed by atoms with van der Waals surface area (Å²) in [4.78, 5) is 18.8. The predicted octanol–water partition coefficient (Wildman–Crippen LogP) is 2.25. The lowest BCUT2D eigenvalue weighted by atomic mass is 9.70. The molecular weight excluding hydrogens is 252 g/mol. The first kappa shape index (κ1) is 12.2. The lowest BCUT2D eigenvalue weighted by Gasteiger charge is -2.56. The molecule has 0 amide bonds. The minimum atomic E-state index is -0.0838. The fraction of sp³-hybridized carbons (Fsp3) is 0.625. The molecule has 2 bridgehead atoms. The van der Waals surface area contributed by atoms with E-state index in [1.165, 1.54) is 19.3 Å². The average Bonchev–Trinajstić information content (AvgIpc) is 2.98. The molecule has 2 heterocycles. The number of rotatable bonds is 3. The Kier molecular flexibility index (Phi) is 2.72. The molecule has 1 aliphatic heterocycles. The Morgan fingerprint density at radius 1 is 1.45 bits per heavy atom. The molecule has 4 heteroatoms. The second kappa shape index (κ2) is 4.47. The van der Waals surface area contributed by atoms with Gasteiger partial charge in [-0.3, -0.25) is 4.98 Å². The Bertz CT molecular complexity index is 518. The number of hydrogen-bond donors (Lipinski definition) is 0. The maximum Gasteiger partial charge on any atom is 0.329 e. The van der Waals surface area contributed by atoms with E-state index >= 15 is 0 Å². The highest BCUT2D eigenvalue weighted by Crippen LogP contribution is 2.59. The quantitative estimate of drug-likeness (QED) is 0.792. The van der Waals surface area contributed by atoms with Gasteiger partial charge in [0.15, 0.2) is 0 Å². The van der Waals surface area contributed by atoms with Crippen LogP contribution < -0.4 is 4.90 Å². The zero-order valence-corrected chi connectivity index (χ0v) is 11.7. The van der Waals surface area contributed by atoms with Crippen LogP contribution in [0.5, 0.6) is 0 Å². The van der Waals surface area contributed by atoms with Gasteiger partial charge in [-0.2, -0.15) is 0 Å². The van der Waals surface area contributed by atoms with Gasteiger partial charge in [0, 0.05) is 18.2 Å². The first-order chi connectivity index (χ1) is 9.81. The molecule has 0 radical (unpaired) electrons. The summed E-state index contributed by atoms with van der Waals surface area (Å²) in [6.07, 6.45) is 7.55. The first-order valence-corrected chi connectivity index (χ1v) is 7.66. The van der Waals surface area contributed by atoms with Crippen molar-refractivity contribution in [1.82, 2.24) is 4.98 Å². The van der Waals surface area contributed by atoms with E-state index in [0.29, 0.717) is 18.6 Å². The summed E-state index contributed by atoms with van der Waals surface area (Å²) in [5.41, 5.74) is 1.07. The van der Waals surface area contributed by atoms with Crippen molar-refractivity contribution in [2.24, 2.45) is 17.8 Å². The standard InChI is InChI=1S/C16H20N2O2/c1-2-20-16(19)15-13-10-5-6-11(8-10)14(13)18(15)12-4-3-7-17-9-12/h3-4,7,9-11,13-15H,2,5-6,8H2,1H3/t10-,11+,13+,14-,15+/m1/s1. The maximum absolute atomic E-state index is 12.3. The normalized spacial score (nSPS) is 37.5. The summed E-state index contributed by atoms with van der Waals surface area (Å²) >= 11 is 0. The van der Waals surface area contributed by atoms with Crippen LogP contribution in [-0.2, 0) is 9.53 Å². The number of nitrogens with zero attached hydrogens (tertiary/aromatic N) is 2.